The molecule has 6 heteroatoms. The van der Waals surface area contributed by atoms with Gasteiger partial charge < -0.3 is 10.1 Å². The van der Waals surface area contributed by atoms with Gasteiger partial charge in [0.15, 0.2) is 0 Å². The zero-order chi connectivity index (χ0) is 13.8. The first kappa shape index (κ1) is 13.3. The Morgan fingerprint density at radius 3 is 2.63 bits per heavy atom. The molecule has 0 spiro atoms. The molecule has 0 radical (unpaired) electrons. The molecule has 102 valence electrons. The monoisotopic (exact) mass is 267 g/mol. The number of nitrogens with zero attached hydrogens (tertiary/aromatic N) is 2. The Bertz CT molecular complexity index is 542. The van der Waals surface area contributed by atoms with Crippen molar-refractivity contribution in [2.24, 2.45) is 7.05 Å². The van der Waals surface area contributed by atoms with Crippen LogP contribution in [-0.4, -0.2) is 16.4 Å². The smallest absolute Gasteiger partial charge is 0.387 e. The van der Waals surface area contributed by atoms with Crippen LogP contribution in [0, 0.1) is 0 Å². The van der Waals surface area contributed by atoms with Crippen LogP contribution in [0.1, 0.15) is 18.7 Å². The van der Waals surface area contributed by atoms with Crippen molar-refractivity contribution in [3.05, 3.63) is 42.2 Å². The summed E-state index contributed by atoms with van der Waals surface area (Å²) in [6.07, 6.45) is 1.69. The van der Waals surface area contributed by atoms with Crippen LogP contribution in [0.25, 0.3) is 0 Å². The van der Waals surface area contributed by atoms with E-state index in [9.17, 15) is 8.78 Å². The van der Waals surface area contributed by atoms with Gasteiger partial charge in [-0.3, -0.25) is 4.68 Å². The van der Waals surface area contributed by atoms with Gasteiger partial charge in [0, 0.05) is 13.2 Å². The summed E-state index contributed by atoms with van der Waals surface area (Å²) in [6.45, 7) is -0.911. The molecule has 0 saturated carbocycles. The summed E-state index contributed by atoms with van der Waals surface area (Å²) in [7, 11) is 1.83. The zero-order valence-electron chi connectivity index (χ0n) is 10.7. The second-order valence-corrected chi connectivity index (χ2v) is 4.12. The number of ether oxygens (including phenoxy) is 1. The van der Waals surface area contributed by atoms with Gasteiger partial charge in [0.1, 0.15) is 5.75 Å². The van der Waals surface area contributed by atoms with Gasteiger partial charge in [-0.05, 0) is 25.1 Å². The van der Waals surface area contributed by atoms with Crippen molar-refractivity contribution in [1.29, 1.82) is 0 Å². The summed E-state index contributed by atoms with van der Waals surface area (Å²) >= 11 is 0. The Morgan fingerprint density at radius 2 is 2.00 bits per heavy atom. The van der Waals surface area contributed by atoms with Crippen molar-refractivity contribution in [2.45, 2.75) is 19.6 Å². The highest BCUT2D eigenvalue weighted by Crippen LogP contribution is 2.28. The van der Waals surface area contributed by atoms with E-state index in [4.69, 9.17) is 0 Å². The average molecular weight is 267 g/mol. The molecule has 0 saturated heterocycles. The molecule has 1 heterocycles. The molecule has 2 rings (SSSR count). The number of rotatable bonds is 5. The average Bonchev–Trinajstić information content (AvgIpc) is 2.77. The molecule has 19 heavy (non-hydrogen) atoms. The molecular formula is C13H15F2N3O. The van der Waals surface area contributed by atoms with Crippen LogP contribution in [0.3, 0.4) is 0 Å². The third-order valence-corrected chi connectivity index (χ3v) is 2.78. The molecular weight excluding hydrogens is 252 g/mol. The summed E-state index contributed by atoms with van der Waals surface area (Å²) in [4.78, 5) is 0. The van der Waals surface area contributed by atoms with Crippen molar-refractivity contribution in [1.82, 2.24) is 9.78 Å². The predicted octanol–water partition coefficient (Wildman–Crippen LogP) is 3.19. The Hall–Kier alpha value is -2.11. The number of halogens is 2. The topological polar surface area (TPSA) is 39.1 Å². The standard InChI is InChI=1S/C13H15F2N3O/c1-9(11-7-8-16-18(11)2)17-10-5-3-4-6-12(10)19-13(14)15/h3-9,13,17H,1-2H3. The number of anilines is 1. The number of nitrogens with one attached hydrogen (secondary N) is 1. The van der Waals surface area contributed by atoms with Gasteiger partial charge in [-0.1, -0.05) is 12.1 Å². The number of benzene rings is 1. The van der Waals surface area contributed by atoms with Crippen LogP contribution >= 0.6 is 0 Å². The lowest BCUT2D eigenvalue weighted by atomic mass is 10.2. The highest BCUT2D eigenvalue weighted by atomic mass is 19.3. The van der Waals surface area contributed by atoms with Gasteiger partial charge in [-0.2, -0.15) is 13.9 Å². The molecule has 0 aliphatic heterocycles. The van der Waals surface area contributed by atoms with Crippen LogP contribution in [0.5, 0.6) is 5.75 Å². The lowest BCUT2D eigenvalue weighted by Gasteiger charge is -2.18. The molecule has 1 N–H and O–H groups in total. The van der Waals surface area contributed by atoms with Crippen molar-refractivity contribution < 1.29 is 13.5 Å². The second-order valence-electron chi connectivity index (χ2n) is 4.12. The maximum atomic E-state index is 12.3. The first-order valence-corrected chi connectivity index (χ1v) is 5.86. The molecule has 1 aromatic heterocycles. The lowest BCUT2D eigenvalue weighted by molar-refractivity contribution is -0.0493. The Balaban J connectivity index is 2.17. The van der Waals surface area contributed by atoms with E-state index in [1.165, 1.54) is 6.07 Å². The van der Waals surface area contributed by atoms with Gasteiger partial charge >= 0.3 is 6.61 Å². The Labute approximate surface area is 110 Å². The van der Waals surface area contributed by atoms with Crippen molar-refractivity contribution in [2.75, 3.05) is 5.32 Å². The minimum absolute atomic E-state index is 0.0741. The molecule has 0 aliphatic carbocycles. The molecule has 0 aliphatic rings. The fourth-order valence-electron chi connectivity index (χ4n) is 1.90. The Morgan fingerprint density at radius 1 is 1.26 bits per heavy atom. The SMILES string of the molecule is CC(Nc1ccccc1OC(F)F)c1ccnn1C. The molecule has 0 fully saturated rings. The van der Waals surface area contributed by atoms with E-state index in [1.54, 1.807) is 29.1 Å². The first-order chi connectivity index (χ1) is 9.08. The van der Waals surface area contributed by atoms with Crippen LogP contribution in [0.2, 0.25) is 0 Å². The number of hydrogen-bond donors (Lipinski definition) is 1. The van der Waals surface area contributed by atoms with Gasteiger partial charge in [0.25, 0.3) is 0 Å². The van der Waals surface area contributed by atoms with E-state index < -0.39 is 6.61 Å². The molecule has 2 aromatic rings. The number of hydrogen-bond acceptors (Lipinski definition) is 3. The zero-order valence-corrected chi connectivity index (χ0v) is 10.7. The maximum absolute atomic E-state index is 12.3. The van der Waals surface area contributed by atoms with Crippen LogP contribution < -0.4 is 10.1 Å². The molecule has 0 bridgehead atoms. The van der Waals surface area contributed by atoms with E-state index >= 15 is 0 Å². The van der Waals surface area contributed by atoms with Crippen molar-refractivity contribution in [3.8, 4) is 5.75 Å². The van der Waals surface area contributed by atoms with E-state index in [0.717, 1.165) is 5.69 Å². The predicted molar refractivity (Wildman–Crippen MR) is 68.3 cm³/mol. The van der Waals surface area contributed by atoms with Crippen molar-refractivity contribution in [3.63, 3.8) is 0 Å². The largest absolute Gasteiger partial charge is 0.433 e. The third-order valence-electron chi connectivity index (χ3n) is 2.78. The minimum Gasteiger partial charge on any atom is -0.433 e. The lowest BCUT2D eigenvalue weighted by Crippen LogP contribution is -2.13. The van der Waals surface area contributed by atoms with Crippen LogP contribution in [0.4, 0.5) is 14.5 Å². The Kier molecular flexibility index (Phi) is 3.99. The number of aryl methyl sites for hydroxylation is 1. The van der Waals surface area contributed by atoms with E-state index in [0.29, 0.717) is 5.69 Å². The summed E-state index contributed by atoms with van der Waals surface area (Å²) in [5, 5.41) is 7.22. The van der Waals surface area contributed by atoms with Gasteiger partial charge in [0.05, 0.1) is 17.4 Å². The summed E-state index contributed by atoms with van der Waals surface area (Å²) in [6, 6.07) is 8.41. The fraction of sp³-hybridized carbons (Fsp3) is 0.308. The van der Waals surface area contributed by atoms with E-state index in [-0.39, 0.29) is 11.8 Å². The number of alkyl halides is 2. The highest BCUT2D eigenvalue weighted by molar-refractivity contribution is 5.57. The molecule has 0 amide bonds. The minimum atomic E-state index is -2.84. The van der Waals surface area contributed by atoms with E-state index in [1.807, 2.05) is 20.0 Å². The van der Waals surface area contributed by atoms with Crippen molar-refractivity contribution >= 4 is 5.69 Å². The maximum Gasteiger partial charge on any atom is 0.387 e. The quantitative estimate of drug-likeness (QED) is 0.904. The summed E-state index contributed by atoms with van der Waals surface area (Å²) in [5.41, 5.74) is 1.48. The third kappa shape index (κ3) is 3.21. The van der Waals surface area contributed by atoms with Gasteiger partial charge in [-0.15, -0.1) is 0 Å². The van der Waals surface area contributed by atoms with E-state index in [2.05, 4.69) is 15.2 Å². The first-order valence-electron chi connectivity index (χ1n) is 5.86. The van der Waals surface area contributed by atoms with Crippen LogP contribution in [-0.2, 0) is 7.05 Å². The molecule has 1 aromatic carbocycles. The van der Waals surface area contributed by atoms with Crippen LogP contribution in [0.15, 0.2) is 36.5 Å². The number of aromatic nitrogens is 2. The van der Waals surface area contributed by atoms with Gasteiger partial charge in [-0.25, -0.2) is 0 Å². The molecule has 1 unspecified atom stereocenters. The molecule has 4 nitrogen and oxygen atoms in total. The summed E-state index contributed by atoms with van der Waals surface area (Å²) < 4.78 is 30.8. The highest BCUT2D eigenvalue weighted by Gasteiger charge is 2.13. The van der Waals surface area contributed by atoms with Gasteiger partial charge in [0.2, 0.25) is 0 Å². The molecule has 1 atom stereocenters. The number of para-hydroxylation sites is 2. The summed E-state index contributed by atoms with van der Waals surface area (Å²) in [5.74, 6) is 0.131. The second kappa shape index (κ2) is 5.69. The fourth-order valence-corrected chi connectivity index (χ4v) is 1.90. The normalized spacial score (nSPS) is 12.5.